The number of rotatable bonds is 2. The normalized spacial score (nSPS) is 21.1. The molecule has 1 fully saturated rings. The maximum absolute atomic E-state index is 9.55. The van der Waals surface area contributed by atoms with Gasteiger partial charge in [0.2, 0.25) is 0 Å². The first-order valence-electron chi connectivity index (χ1n) is 5.37. The highest BCUT2D eigenvalue weighted by Crippen LogP contribution is 2.27. The minimum absolute atomic E-state index is 0.231. The molecule has 3 heterocycles. The first-order chi connectivity index (χ1) is 7.79. The van der Waals surface area contributed by atoms with E-state index in [2.05, 4.69) is 9.88 Å². The van der Waals surface area contributed by atoms with E-state index in [1.54, 1.807) is 11.3 Å². The summed E-state index contributed by atoms with van der Waals surface area (Å²) < 4.78 is 2.03. The summed E-state index contributed by atoms with van der Waals surface area (Å²) in [5.74, 6) is 0.936. The van der Waals surface area contributed by atoms with Crippen LogP contribution in [0.4, 0.5) is 5.82 Å². The number of fused-ring (bicyclic) bond motifs is 1. The lowest BCUT2D eigenvalue weighted by atomic mass is 10.3. The van der Waals surface area contributed by atoms with Crippen LogP contribution in [0.5, 0.6) is 0 Å². The molecule has 1 aliphatic heterocycles. The van der Waals surface area contributed by atoms with Gasteiger partial charge < -0.3 is 15.7 Å². The van der Waals surface area contributed by atoms with Crippen molar-refractivity contribution in [3.05, 3.63) is 17.3 Å². The van der Waals surface area contributed by atoms with Gasteiger partial charge in [-0.3, -0.25) is 4.40 Å². The Bertz CT molecular complexity index is 506. The maximum atomic E-state index is 9.55. The average Bonchev–Trinajstić information content (AvgIpc) is 2.90. The van der Waals surface area contributed by atoms with E-state index < -0.39 is 0 Å². The molecule has 0 amide bonds. The van der Waals surface area contributed by atoms with Gasteiger partial charge in [0.05, 0.1) is 11.8 Å². The number of thiazole rings is 1. The molecular formula is C10H14N4OS. The van der Waals surface area contributed by atoms with E-state index in [1.165, 1.54) is 0 Å². The Kier molecular flexibility index (Phi) is 2.34. The third kappa shape index (κ3) is 1.41. The van der Waals surface area contributed by atoms with Crippen molar-refractivity contribution >= 4 is 22.1 Å². The van der Waals surface area contributed by atoms with Gasteiger partial charge in [-0.15, -0.1) is 11.3 Å². The van der Waals surface area contributed by atoms with Crippen LogP contribution in [0.15, 0.2) is 11.6 Å². The Morgan fingerprint density at radius 1 is 1.62 bits per heavy atom. The van der Waals surface area contributed by atoms with E-state index in [1.807, 2.05) is 16.0 Å². The van der Waals surface area contributed by atoms with Gasteiger partial charge in [-0.05, 0) is 6.42 Å². The summed E-state index contributed by atoms with van der Waals surface area (Å²) in [6.07, 6.45) is 2.57. The summed E-state index contributed by atoms with van der Waals surface area (Å²) in [7, 11) is 0. The number of anilines is 1. The zero-order chi connectivity index (χ0) is 11.1. The van der Waals surface area contributed by atoms with Gasteiger partial charge in [0.25, 0.3) is 0 Å². The number of aliphatic hydroxyl groups is 1. The molecule has 0 aliphatic carbocycles. The fourth-order valence-electron chi connectivity index (χ4n) is 2.20. The lowest BCUT2D eigenvalue weighted by Gasteiger charge is -2.16. The largest absolute Gasteiger partial charge is 0.391 e. The first kappa shape index (κ1) is 10.1. The second-order valence-corrected chi connectivity index (χ2v) is 4.90. The SMILES string of the molecule is NCc1c(N2CCC(O)C2)nc2sccn12. The lowest BCUT2D eigenvalue weighted by molar-refractivity contribution is 0.198. The molecule has 16 heavy (non-hydrogen) atoms. The van der Waals surface area contributed by atoms with Crippen LogP contribution in [-0.4, -0.2) is 33.7 Å². The van der Waals surface area contributed by atoms with E-state index >= 15 is 0 Å². The zero-order valence-corrected chi connectivity index (χ0v) is 9.65. The standard InChI is InChI=1S/C10H14N4OS/c11-5-8-9(13-2-1-7(15)6-13)12-10-14(8)3-4-16-10/h3-4,7,15H,1-2,5-6,11H2. The van der Waals surface area contributed by atoms with E-state index in [9.17, 15) is 5.11 Å². The summed E-state index contributed by atoms with van der Waals surface area (Å²) in [4.78, 5) is 7.66. The van der Waals surface area contributed by atoms with E-state index in [-0.39, 0.29) is 6.10 Å². The second kappa shape index (κ2) is 3.73. The topological polar surface area (TPSA) is 66.8 Å². The lowest BCUT2D eigenvalue weighted by Crippen LogP contribution is -2.23. The molecule has 86 valence electrons. The fourth-order valence-corrected chi connectivity index (χ4v) is 2.93. The predicted molar refractivity (Wildman–Crippen MR) is 63.8 cm³/mol. The van der Waals surface area contributed by atoms with Gasteiger partial charge in [0, 0.05) is 31.2 Å². The van der Waals surface area contributed by atoms with Crippen molar-refractivity contribution in [1.29, 1.82) is 0 Å². The van der Waals surface area contributed by atoms with Crippen molar-refractivity contribution < 1.29 is 5.11 Å². The molecule has 0 aromatic carbocycles. The van der Waals surface area contributed by atoms with Crippen molar-refractivity contribution in [3.8, 4) is 0 Å². The summed E-state index contributed by atoms with van der Waals surface area (Å²) in [5.41, 5.74) is 6.81. The molecule has 3 N–H and O–H groups in total. The summed E-state index contributed by atoms with van der Waals surface area (Å²) >= 11 is 1.60. The Hall–Kier alpha value is -1.11. The minimum Gasteiger partial charge on any atom is -0.391 e. The van der Waals surface area contributed by atoms with Gasteiger partial charge in [0.1, 0.15) is 0 Å². The minimum atomic E-state index is -0.231. The molecule has 1 unspecified atom stereocenters. The molecule has 2 aromatic heterocycles. The fraction of sp³-hybridized carbons (Fsp3) is 0.500. The maximum Gasteiger partial charge on any atom is 0.195 e. The smallest absolute Gasteiger partial charge is 0.195 e. The van der Waals surface area contributed by atoms with Crippen LogP contribution in [0.2, 0.25) is 0 Å². The molecular weight excluding hydrogens is 224 g/mol. The highest BCUT2D eigenvalue weighted by Gasteiger charge is 2.25. The van der Waals surface area contributed by atoms with Crippen LogP contribution in [-0.2, 0) is 6.54 Å². The monoisotopic (exact) mass is 238 g/mol. The van der Waals surface area contributed by atoms with E-state index in [0.717, 1.165) is 29.4 Å². The van der Waals surface area contributed by atoms with Crippen LogP contribution in [0.1, 0.15) is 12.1 Å². The Labute approximate surface area is 97.1 Å². The number of β-amino-alcohol motifs (C(OH)–C–C–N with tert-alkyl or cyclic N) is 1. The molecule has 0 bridgehead atoms. The number of nitrogens with two attached hydrogens (primary N) is 1. The number of hydrogen-bond acceptors (Lipinski definition) is 5. The summed E-state index contributed by atoms with van der Waals surface area (Å²) in [5, 5.41) is 11.5. The molecule has 1 saturated heterocycles. The molecule has 6 heteroatoms. The van der Waals surface area contributed by atoms with Gasteiger partial charge in [0.15, 0.2) is 10.8 Å². The number of nitrogens with zero attached hydrogens (tertiary/aromatic N) is 3. The van der Waals surface area contributed by atoms with Crippen molar-refractivity contribution in [2.24, 2.45) is 5.73 Å². The highest BCUT2D eigenvalue weighted by atomic mass is 32.1. The van der Waals surface area contributed by atoms with Crippen molar-refractivity contribution in [2.45, 2.75) is 19.1 Å². The number of imidazole rings is 1. The van der Waals surface area contributed by atoms with Crippen LogP contribution in [0.3, 0.4) is 0 Å². The molecule has 0 saturated carbocycles. The molecule has 0 spiro atoms. The average molecular weight is 238 g/mol. The van der Waals surface area contributed by atoms with Crippen LogP contribution in [0.25, 0.3) is 4.96 Å². The first-order valence-corrected chi connectivity index (χ1v) is 6.25. The number of hydrogen-bond donors (Lipinski definition) is 2. The number of aliphatic hydroxyl groups excluding tert-OH is 1. The second-order valence-electron chi connectivity index (χ2n) is 4.03. The van der Waals surface area contributed by atoms with Crippen LogP contribution < -0.4 is 10.6 Å². The molecule has 1 atom stereocenters. The van der Waals surface area contributed by atoms with Gasteiger partial charge in [-0.1, -0.05) is 0 Å². The Balaban J connectivity index is 2.05. The van der Waals surface area contributed by atoms with Crippen molar-refractivity contribution in [3.63, 3.8) is 0 Å². The predicted octanol–water partition coefficient (Wildman–Crippen LogP) is 0.426. The molecule has 2 aromatic rings. The molecule has 0 radical (unpaired) electrons. The third-order valence-corrected chi connectivity index (χ3v) is 3.75. The van der Waals surface area contributed by atoms with Gasteiger partial charge in [-0.2, -0.15) is 0 Å². The van der Waals surface area contributed by atoms with Crippen LogP contribution in [0, 0.1) is 0 Å². The van der Waals surface area contributed by atoms with E-state index in [4.69, 9.17) is 5.73 Å². The zero-order valence-electron chi connectivity index (χ0n) is 8.83. The third-order valence-electron chi connectivity index (χ3n) is 3.00. The molecule has 3 rings (SSSR count). The molecule has 5 nitrogen and oxygen atoms in total. The quantitative estimate of drug-likeness (QED) is 0.796. The van der Waals surface area contributed by atoms with E-state index in [0.29, 0.717) is 13.1 Å². The van der Waals surface area contributed by atoms with Gasteiger partial charge in [-0.25, -0.2) is 4.98 Å². The Morgan fingerprint density at radius 3 is 3.19 bits per heavy atom. The van der Waals surface area contributed by atoms with Crippen molar-refractivity contribution in [2.75, 3.05) is 18.0 Å². The summed E-state index contributed by atoms with van der Waals surface area (Å²) in [6, 6.07) is 0. The van der Waals surface area contributed by atoms with Crippen LogP contribution >= 0.6 is 11.3 Å². The summed E-state index contributed by atoms with van der Waals surface area (Å²) in [6.45, 7) is 2.00. The van der Waals surface area contributed by atoms with Gasteiger partial charge >= 0.3 is 0 Å². The Morgan fingerprint density at radius 2 is 2.50 bits per heavy atom. The molecule has 1 aliphatic rings. The number of aromatic nitrogens is 2. The highest BCUT2D eigenvalue weighted by molar-refractivity contribution is 7.15. The van der Waals surface area contributed by atoms with Crippen molar-refractivity contribution in [1.82, 2.24) is 9.38 Å².